The second kappa shape index (κ2) is 7.84. The lowest BCUT2D eigenvalue weighted by Gasteiger charge is -2.14. The molecule has 28 heavy (non-hydrogen) atoms. The quantitative estimate of drug-likeness (QED) is 0.633. The number of hydrogen-bond acceptors (Lipinski definition) is 5. The number of hydrogen-bond donors (Lipinski definition) is 2. The minimum atomic E-state index is -1.07. The standard InChI is InChI=1S/C21H19N3O4/c1-12-4-6-16-17(8-12)24-20(23-16)15(11-22)9-14-5-7-18(19(10-14)27-3)28-13(2)21(25)26/h4-10,13H,1-3H3,(H,23,24)(H,25,26). The third-order valence-electron chi connectivity index (χ3n) is 4.16. The summed E-state index contributed by atoms with van der Waals surface area (Å²) >= 11 is 0. The van der Waals surface area contributed by atoms with E-state index in [0.717, 1.165) is 16.6 Å². The number of carboxylic acid groups (broad SMARTS) is 1. The molecule has 0 spiro atoms. The first-order valence-electron chi connectivity index (χ1n) is 8.57. The number of rotatable bonds is 6. The number of benzene rings is 2. The van der Waals surface area contributed by atoms with Crippen LogP contribution in [-0.2, 0) is 4.79 Å². The highest BCUT2D eigenvalue weighted by Crippen LogP contribution is 2.30. The number of carbonyl (C=O) groups is 1. The van der Waals surface area contributed by atoms with E-state index in [9.17, 15) is 10.1 Å². The van der Waals surface area contributed by atoms with Crippen molar-refractivity contribution in [3.05, 3.63) is 53.3 Å². The predicted octanol–water partition coefficient (Wildman–Crippen LogP) is 3.80. The van der Waals surface area contributed by atoms with Gasteiger partial charge in [-0.15, -0.1) is 0 Å². The number of H-pyrrole nitrogens is 1. The van der Waals surface area contributed by atoms with Crippen LogP contribution >= 0.6 is 0 Å². The summed E-state index contributed by atoms with van der Waals surface area (Å²) in [5.74, 6) is 0.0893. The molecule has 0 saturated carbocycles. The van der Waals surface area contributed by atoms with Gasteiger partial charge in [0.2, 0.25) is 0 Å². The number of nitriles is 1. The Morgan fingerprint density at radius 2 is 2.07 bits per heavy atom. The van der Waals surface area contributed by atoms with Crippen LogP contribution in [0.4, 0.5) is 0 Å². The molecule has 0 aliphatic rings. The Bertz CT molecular complexity index is 1110. The van der Waals surface area contributed by atoms with Gasteiger partial charge in [0.15, 0.2) is 17.6 Å². The van der Waals surface area contributed by atoms with Crippen molar-refractivity contribution in [2.24, 2.45) is 0 Å². The highest BCUT2D eigenvalue weighted by Gasteiger charge is 2.16. The molecule has 0 aliphatic heterocycles. The fourth-order valence-electron chi connectivity index (χ4n) is 2.68. The molecule has 7 nitrogen and oxygen atoms in total. The Morgan fingerprint density at radius 3 is 2.75 bits per heavy atom. The van der Waals surface area contributed by atoms with Crippen molar-refractivity contribution in [2.75, 3.05) is 7.11 Å². The van der Waals surface area contributed by atoms with E-state index in [2.05, 4.69) is 16.0 Å². The van der Waals surface area contributed by atoms with Crippen LogP contribution < -0.4 is 9.47 Å². The van der Waals surface area contributed by atoms with Gasteiger partial charge in [0.1, 0.15) is 11.9 Å². The van der Waals surface area contributed by atoms with E-state index in [0.29, 0.717) is 28.5 Å². The van der Waals surface area contributed by atoms with Crippen LogP contribution in [0.2, 0.25) is 0 Å². The Balaban J connectivity index is 1.95. The van der Waals surface area contributed by atoms with Gasteiger partial charge in [0.05, 0.1) is 23.7 Å². The van der Waals surface area contributed by atoms with Crippen molar-refractivity contribution < 1.29 is 19.4 Å². The Labute approximate surface area is 161 Å². The number of imidazole rings is 1. The topological polar surface area (TPSA) is 108 Å². The molecular weight excluding hydrogens is 358 g/mol. The van der Waals surface area contributed by atoms with Crippen molar-refractivity contribution in [3.8, 4) is 17.6 Å². The normalized spacial score (nSPS) is 12.4. The number of nitrogens with one attached hydrogen (secondary N) is 1. The summed E-state index contributed by atoms with van der Waals surface area (Å²) in [7, 11) is 1.47. The van der Waals surface area contributed by atoms with Gasteiger partial charge in [0, 0.05) is 0 Å². The fraction of sp³-hybridized carbons (Fsp3) is 0.190. The largest absolute Gasteiger partial charge is 0.493 e. The molecule has 0 bridgehead atoms. The zero-order valence-corrected chi connectivity index (χ0v) is 15.7. The summed E-state index contributed by atoms with van der Waals surface area (Å²) in [5, 5.41) is 18.6. The number of fused-ring (bicyclic) bond motifs is 1. The van der Waals surface area contributed by atoms with Gasteiger partial charge in [-0.25, -0.2) is 9.78 Å². The molecule has 1 aromatic heterocycles. The van der Waals surface area contributed by atoms with Crippen LogP contribution in [-0.4, -0.2) is 34.3 Å². The summed E-state index contributed by atoms with van der Waals surface area (Å²) in [6.07, 6.45) is 0.668. The average molecular weight is 377 g/mol. The SMILES string of the molecule is COc1cc(C=C(C#N)c2nc3ccc(C)cc3[nH]2)ccc1OC(C)C(=O)O. The number of aliphatic carboxylic acids is 1. The lowest BCUT2D eigenvalue weighted by Crippen LogP contribution is -2.23. The summed E-state index contributed by atoms with van der Waals surface area (Å²) in [6, 6.07) is 13.0. The van der Waals surface area contributed by atoms with Gasteiger partial charge in [-0.1, -0.05) is 12.1 Å². The van der Waals surface area contributed by atoms with Crippen molar-refractivity contribution in [1.29, 1.82) is 5.26 Å². The first-order chi connectivity index (χ1) is 13.4. The maximum atomic E-state index is 11.0. The maximum absolute atomic E-state index is 11.0. The molecule has 142 valence electrons. The van der Waals surface area contributed by atoms with Gasteiger partial charge in [-0.3, -0.25) is 0 Å². The van der Waals surface area contributed by atoms with Gasteiger partial charge < -0.3 is 19.6 Å². The van der Waals surface area contributed by atoms with Crippen LogP contribution in [0.5, 0.6) is 11.5 Å². The van der Waals surface area contributed by atoms with Crippen LogP contribution in [0.25, 0.3) is 22.7 Å². The van der Waals surface area contributed by atoms with E-state index < -0.39 is 12.1 Å². The van der Waals surface area contributed by atoms with Crippen LogP contribution in [0.3, 0.4) is 0 Å². The summed E-state index contributed by atoms with van der Waals surface area (Å²) in [6.45, 7) is 3.43. The maximum Gasteiger partial charge on any atom is 0.344 e. The third kappa shape index (κ3) is 3.96. The number of carboxylic acids is 1. The molecule has 0 radical (unpaired) electrons. The van der Waals surface area contributed by atoms with E-state index in [1.54, 1.807) is 24.3 Å². The molecule has 3 aromatic rings. The summed E-state index contributed by atoms with van der Waals surface area (Å²) in [4.78, 5) is 18.6. The zero-order valence-electron chi connectivity index (χ0n) is 15.7. The van der Waals surface area contributed by atoms with E-state index in [1.807, 2.05) is 25.1 Å². The van der Waals surface area contributed by atoms with E-state index in [4.69, 9.17) is 14.6 Å². The van der Waals surface area contributed by atoms with Gasteiger partial charge in [-0.2, -0.15) is 5.26 Å². The van der Waals surface area contributed by atoms with Gasteiger partial charge >= 0.3 is 5.97 Å². The minimum Gasteiger partial charge on any atom is -0.493 e. The van der Waals surface area contributed by atoms with E-state index in [1.165, 1.54) is 14.0 Å². The molecule has 3 rings (SSSR count). The van der Waals surface area contributed by atoms with Crippen molar-refractivity contribution in [3.63, 3.8) is 0 Å². The van der Waals surface area contributed by atoms with Gasteiger partial charge in [0.25, 0.3) is 0 Å². The lowest BCUT2D eigenvalue weighted by atomic mass is 10.1. The van der Waals surface area contributed by atoms with Crippen LogP contribution in [0.15, 0.2) is 36.4 Å². The van der Waals surface area contributed by atoms with Crippen LogP contribution in [0.1, 0.15) is 23.9 Å². The molecule has 2 N–H and O–H groups in total. The predicted molar refractivity (Wildman–Crippen MR) is 105 cm³/mol. The molecule has 1 unspecified atom stereocenters. The van der Waals surface area contributed by atoms with E-state index >= 15 is 0 Å². The first-order valence-corrected chi connectivity index (χ1v) is 8.57. The highest BCUT2D eigenvalue weighted by atomic mass is 16.5. The number of aryl methyl sites for hydroxylation is 1. The number of nitrogens with zero attached hydrogens (tertiary/aromatic N) is 2. The molecule has 0 fully saturated rings. The monoisotopic (exact) mass is 377 g/mol. The first kappa shape index (κ1) is 19.0. The number of allylic oxidation sites excluding steroid dienone is 1. The Kier molecular flexibility index (Phi) is 5.32. The zero-order chi connectivity index (χ0) is 20.3. The molecule has 0 saturated heterocycles. The van der Waals surface area contributed by atoms with Crippen LogP contribution in [0, 0.1) is 18.3 Å². The van der Waals surface area contributed by atoms with E-state index in [-0.39, 0.29) is 0 Å². The number of aromatic amines is 1. The lowest BCUT2D eigenvalue weighted by molar-refractivity contribution is -0.144. The third-order valence-corrected chi connectivity index (χ3v) is 4.16. The molecule has 7 heteroatoms. The second-order valence-electron chi connectivity index (χ2n) is 6.28. The summed E-state index contributed by atoms with van der Waals surface area (Å²) < 4.78 is 10.7. The molecule has 2 aromatic carbocycles. The highest BCUT2D eigenvalue weighted by molar-refractivity contribution is 5.90. The Hall–Kier alpha value is -3.79. The van der Waals surface area contributed by atoms with Crippen molar-refractivity contribution in [2.45, 2.75) is 20.0 Å². The smallest absolute Gasteiger partial charge is 0.344 e. The van der Waals surface area contributed by atoms with Crippen molar-refractivity contribution >= 4 is 28.7 Å². The molecule has 0 amide bonds. The number of ether oxygens (including phenoxy) is 2. The minimum absolute atomic E-state index is 0.312. The number of aromatic nitrogens is 2. The molecule has 1 heterocycles. The molecular formula is C21H19N3O4. The molecule has 0 aliphatic carbocycles. The fourth-order valence-corrected chi connectivity index (χ4v) is 2.68. The number of methoxy groups -OCH3 is 1. The Morgan fingerprint density at radius 1 is 1.29 bits per heavy atom. The second-order valence-corrected chi connectivity index (χ2v) is 6.28. The summed E-state index contributed by atoms with van der Waals surface area (Å²) in [5.41, 5.74) is 3.80. The van der Waals surface area contributed by atoms with Gasteiger partial charge in [-0.05, 0) is 55.3 Å². The van der Waals surface area contributed by atoms with Crippen molar-refractivity contribution in [1.82, 2.24) is 9.97 Å². The average Bonchev–Trinajstić information content (AvgIpc) is 3.09. The molecule has 1 atom stereocenters.